The zero-order valence-electron chi connectivity index (χ0n) is 10.2. The smallest absolute Gasteiger partial charge is 0.123 e. The Labute approximate surface area is 120 Å². The first-order valence-corrected chi connectivity index (χ1v) is 6.47. The van der Waals surface area contributed by atoms with Gasteiger partial charge in [0.2, 0.25) is 0 Å². The van der Waals surface area contributed by atoms with Crippen LogP contribution in [0.5, 0.6) is 0 Å². The van der Waals surface area contributed by atoms with Gasteiger partial charge in [0, 0.05) is 12.6 Å². The third kappa shape index (κ3) is 3.44. The molecule has 1 atom stereocenters. The van der Waals surface area contributed by atoms with E-state index < -0.39 is 6.10 Å². The monoisotopic (exact) mass is 299 g/mol. The summed E-state index contributed by atoms with van der Waals surface area (Å²) in [7, 11) is 0. The van der Waals surface area contributed by atoms with Gasteiger partial charge in [-0.1, -0.05) is 29.3 Å². The first kappa shape index (κ1) is 14.3. The number of aryl methyl sites for hydroxylation is 1. The summed E-state index contributed by atoms with van der Waals surface area (Å²) in [5.74, 6) is -0.331. The second-order valence-electron chi connectivity index (χ2n) is 4.31. The summed E-state index contributed by atoms with van der Waals surface area (Å²) in [4.78, 5) is 4.02. The summed E-state index contributed by atoms with van der Waals surface area (Å²) >= 11 is 11.7. The second kappa shape index (κ2) is 5.87. The molecule has 0 saturated heterocycles. The van der Waals surface area contributed by atoms with E-state index in [-0.39, 0.29) is 12.2 Å². The minimum atomic E-state index is -0.898. The van der Waals surface area contributed by atoms with Gasteiger partial charge in [-0.25, -0.2) is 4.39 Å². The maximum Gasteiger partial charge on any atom is 0.123 e. The van der Waals surface area contributed by atoms with Gasteiger partial charge in [-0.05, 0) is 36.2 Å². The van der Waals surface area contributed by atoms with Gasteiger partial charge in [0.05, 0.1) is 15.7 Å². The average molecular weight is 300 g/mol. The molecule has 19 heavy (non-hydrogen) atoms. The molecule has 0 aliphatic rings. The molecule has 1 heterocycles. The lowest BCUT2D eigenvalue weighted by molar-refractivity contribution is 0.173. The van der Waals surface area contributed by atoms with Crippen molar-refractivity contribution in [1.29, 1.82) is 0 Å². The average Bonchev–Trinajstić information content (AvgIpc) is 2.33. The predicted molar refractivity (Wildman–Crippen MR) is 74.1 cm³/mol. The van der Waals surface area contributed by atoms with Crippen molar-refractivity contribution in [3.63, 3.8) is 0 Å². The van der Waals surface area contributed by atoms with Crippen LogP contribution >= 0.6 is 23.2 Å². The van der Waals surface area contributed by atoms with Crippen LogP contribution in [-0.2, 0) is 6.42 Å². The van der Waals surface area contributed by atoms with Crippen LogP contribution in [0.4, 0.5) is 4.39 Å². The number of aromatic nitrogens is 1. The number of rotatable bonds is 3. The number of nitrogens with zero attached hydrogens (tertiary/aromatic N) is 1. The highest BCUT2D eigenvalue weighted by molar-refractivity contribution is 6.34. The number of hydrogen-bond donors (Lipinski definition) is 1. The fraction of sp³-hybridized carbons (Fsp3) is 0.214. The van der Waals surface area contributed by atoms with E-state index in [4.69, 9.17) is 23.2 Å². The molecule has 1 aromatic heterocycles. The maximum atomic E-state index is 13.2. The number of hydrogen-bond acceptors (Lipinski definition) is 2. The van der Waals surface area contributed by atoms with Crippen molar-refractivity contribution in [2.45, 2.75) is 19.4 Å². The van der Waals surface area contributed by atoms with E-state index in [0.717, 1.165) is 11.1 Å². The van der Waals surface area contributed by atoms with E-state index in [1.807, 2.05) is 6.92 Å². The Morgan fingerprint density at radius 1 is 1.32 bits per heavy atom. The Hall–Kier alpha value is -1.16. The van der Waals surface area contributed by atoms with Crippen LogP contribution in [0.2, 0.25) is 10.0 Å². The molecule has 5 heteroatoms. The zero-order valence-corrected chi connectivity index (χ0v) is 11.7. The van der Waals surface area contributed by atoms with Crippen LogP contribution < -0.4 is 0 Å². The highest BCUT2D eigenvalue weighted by Crippen LogP contribution is 2.27. The number of pyridine rings is 1. The lowest BCUT2D eigenvalue weighted by Crippen LogP contribution is -2.06. The molecule has 0 saturated carbocycles. The molecule has 1 aromatic carbocycles. The lowest BCUT2D eigenvalue weighted by Gasteiger charge is -2.13. The topological polar surface area (TPSA) is 33.1 Å². The molecular weight excluding hydrogens is 288 g/mol. The van der Waals surface area contributed by atoms with Crippen LogP contribution in [0.3, 0.4) is 0 Å². The van der Waals surface area contributed by atoms with Gasteiger partial charge in [0.1, 0.15) is 11.9 Å². The van der Waals surface area contributed by atoms with Crippen LogP contribution in [0.25, 0.3) is 0 Å². The molecule has 1 N–H and O–H groups in total. The van der Waals surface area contributed by atoms with Crippen molar-refractivity contribution >= 4 is 23.2 Å². The maximum absolute atomic E-state index is 13.2. The predicted octanol–water partition coefficient (Wildman–Crippen LogP) is 4.11. The Kier molecular flexibility index (Phi) is 4.40. The molecule has 1 unspecified atom stereocenters. The molecular formula is C14H12Cl2FNO. The van der Waals surface area contributed by atoms with Crippen LogP contribution in [0.1, 0.15) is 22.9 Å². The molecule has 100 valence electrons. The zero-order chi connectivity index (χ0) is 14.0. The summed E-state index contributed by atoms with van der Waals surface area (Å²) in [5, 5.41) is 10.9. The van der Waals surface area contributed by atoms with E-state index in [1.54, 1.807) is 6.07 Å². The van der Waals surface area contributed by atoms with Gasteiger partial charge < -0.3 is 5.11 Å². The number of aliphatic hydroxyl groups is 1. The molecule has 2 nitrogen and oxygen atoms in total. The quantitative estimate of drug-likeness (QED) is 0.925. The minimum Gasteiger partial charge on any atom is -0.386 e. The number of aliphatic hydroxyl groups excluding tert-OH is 1. The Balaban J connectivity index is 2.25. The second-order valence-corrected chi connectivity index (χ2v) is 5.15. The Morgan fingerprint density at radius 2 is 2.05 bits per heavy atom. The highest BCUT2D eigenvalue weighted by Gasteiger charge is 2.15. The third-order valence-corrected chi connectivity index (χ3v) is 3.39. The third-order valence-electron chi connectivity index (χ3n) is 2.88. The first-order valence-electron chi connectivity index (χ1n) is 5.71. The summed E-state index contributed by atoms with van der Waals surface area (Å²) in [5.41, 5.74) is 1.97. The normalized spacial score (nSPS) is 12.5. The van der Waals surface area contributed by atoms with E-state index in [0.29, 0.717) is 15.7 Å². The van der Waals surface area contributed by atoms with Gasteiger partial charge in [-0.15, -0.1) is 0 Å². The van der Waals surface area contributed by atoms with E-state index in [2.05, 4.69) is 4.98 Å². The van der Waals surface area contributed by atoms with Gasteiger partial charge >= 0.3 is 0 Å². The largest absolute Gasteiger partial charge is 0.386 e. The van der Waals surface area contributed by atoms with Crippen molar-refractivity contribution in [2.24, 2.45) is 0 Å². The fourth-order valence-corrected chi connectivity index (χ4v) is 2.34. The van der Waals surface area contributed by atoms with E-state index in [9.17, 15) is 9.50 Å². The molecule has 0 fully saturated rings. The molecule has 0 aliphatic heterocycles. The first-order chi connectivity index (χ1) is 8.97. The van der Waals surface area contributed by atoms with E-state index >= 15 is 0 Å². The van der Waals surface area contributed by atoms with Gasteiger partial charge in [0.15, 0.2) is 0 Å². The van der Waals surface area contributed by atoms with Gasteiger partial charge in [-0.2, -0.15) is 0 Å². The minimum absolute atomic E-state index is 0.248. The van der Waals surface area contributed by atoms with Crippen LogP contribution in [0.15, 0.2) is 30.5 Å². The molecule has 0 bridgehead atoms. The summed E-state index contributed by atoms with van der Waals surface area (Å²) < 4.78 is 13.2. The Bertz CT molecular complexity index is 604. The van der Waals surface area contributed by atoms with Crippen LogP contribution in [-0.4, -0.2) is 10.1 Å². The summed E-state index contributed by atoms with van der Waals surface area (Å²) in [6, 6.07) is 5.99. The SMILES string of the molecule is Cc1ccc(F)cc1CC(O)c1ncc(Cl)cc1Cl. The molecule has 2 rings (SSSR count). The van der Waals surface area contributed by atoms with Gasteiger partial charge in [-0.3, -0.25) is 4.98 Å². The number of halogens is 3. The summed E-state index contributed by atoms with van der Waals surface area (Å²) in [6.45, 7) is 1.86. The molecule has 0 spiro atoms. The fourth-order valence-electron chi connectivity index (χ4n) is 1.84. The molecule has 2 aromatic rings. The highest BCUT2D eigenvalue weighted by atomic mass is 35.5. The standard InChI is InChI=1S/C14H12Cl2FNO/c1-8-2-3-11(17)4-9(8)5-13(19)14-12(16)6-10(15)7-18-14/h2-4,6-7,13,19H,5H2,1H3. The Morgan fingerprint density at radius 3 is 2.74 bits per heavy atom. The lowest BCUT2D eigenvalue weighted by atomic mass is 10.0. The van der Waals surface area contributed by atoms with E-state index in [1.165, 1.54) is 24.4 Å². The van der Waals surface area contributed by atoms with Crippen LogP contribution in [0, 0.1) is 12.7 Å². The van der Waals surface area contributed by atoms with Crippen molar-refractivity contribution in [3.8, 4) is 0 Å². The van der Waals surface area contributed by atoms with Crippen molar-refractivity contribution in [1.82, 2.24) is 4.98 Å². The molecule has 0 radical (unpaired) electrons. The molecule has 0 aliphatic carbocycles. The van der Waals surface area contributed by atoms with Crippen molar-refractivity contribution in [2.75, 3.05) is 0 Å². The van der Waals surface area contributed by atoms with Crippen molar-refractivity contribution < 1.29 is 9.50 Å². The van der Waals surface area contributed by atoms with Gasteiger partial charge in [0.25, 0.3) is 0 Å². The van der Waals surface area contributed by atoms with Crippen molar-refractivity contribution in [3.05, 3.63) is 63.1 Å². The summed E-state index contributed by atoms with van der Waals surface area (Å²) in [6.07, 6.45) is 0.771. The number of benzene rings is 1. The molecule has 0 amide bonds.